The highest BCUT2D eigenvalue weighted by molar-refractivity contribution is 5.83. The van der Waals surface area contributed by atoms with E-state index in [1.165, 1.54) is 50.5 Å². The minimum absolute atomic E-state index is 0.00239. The lowest BCUT2D eigenvalue weighted by atomic mass is 9.46. The summed E-state index contributed by atoms with van der Waals surface area (Å²) in [6.45, 7) is 12.9. The van der Waals surface area contributed by atoms with E-state index in [-0.39, 0.29) is 16.9 Å². The molecule has 1 aromatic rings. The van der Waals surface area contributed by atoms with Gasteiger partial charge in [-0.15, -0.1) is 0 Å². The smallest absolute Gasteiger partial charge is 0.226 e. The first-order valence-electron chi connectivity index (χ1n) is 16.6. The molecule has 4 saturated carbocycles. The molecule has 1 aromatic carbocycles. The first kappa shape index (κ1) is 29.9. The van der Waals surface area contributed by atoms with Gasteiger partial charge in [-0.3, -0.25) is 4.79 Å². The fourth-order valence-corrected chi connectivity index (χ4v) is 10.5. The summed E-state index contributed by atoms with van der Waals surface area (Å²) in [6, 6.07) is 8.21. The molecular formula is C36H57NO3. The van der Waals surface area contributed by atoms with Crippen molar-refractivity contribution >= 4 is 5.91 Å². The summed E-state index contributed by atoms with van der Waals surface area (Å²) < 4.78 is 5.29. The van der Waals surface area contributed by atoms with Crippen molar-refractivity contribution in [1.82, 2.24) is 5.32 Å². The Morgan fingerprint density at radius 2 is 1.73 bits per heavy atom. The van der Waals surface area contributed by atoms with E-state index >= 15 is 0 Å². The van der Waals surface area contributed by atoms with Crippen molar-refractivity contribution in [3.05, 3.63) is 29.8 Å². The third-order valence-corrected chi connectivity index (χ3v) is 13.4. The van der Waals surface area contributed by atoms with Gasteiger partial charge in [-0.05, 0) is 135 Å². The van der Waals surface area contributed by atoms with Crippen LogP contribution in [-0.2, 0) is 11.2 Å². The molecule has 5 rings (SSSR count). The third kappa shape index (κ3) is 5.25. The summed E-state index contributed by atoms with van der Waals surface area (Å²) in [4.78, 5) is 13.9. The van der Waals surface area contributed by atoms with Crippen molar-refractivity contribution in [1.29, 1.82) is 0 Å². The summed E-state index contributed by atoms with van der Waals surface area (Å²) in [7, 11) is 1.69. The van der Waals surface area contributed by atoms with E-state index < -0.39 is 0 Å². The molecule has 0 heterocycles. The second-order valence-corrected chi connectivity index (χ2v) is 15.3. The van der Waals surface area contributed by atoms with Crippen molar-refractivity contribution in [3.8, 4) is 5.75 Å². The molecule has 9 atom stereocenters. The zero-order chi connectivity index (χ0) is 28.7. The number of carbonyl (C=O) groups is 1. The van der Waals surface area contributed by atoms with Gasteiger partial charge >= 0.3 is 0 Å². The van der Waals surface area contributed by atoms with Crippen LogP contribution in [0.15, 0.2) is 24.3 Å². The maximum Gasteiger partial charge on any atom is 0.226 e. The monoisotopic (exact) mass is 551 g/mol. The number of ether oxygens (including phenoxy) is 1. The van der Waals surface area contributed by atoms with Crippen LogP contribution in [0, 0.1) is 51.8 Å². The van der Waals surface area contributed by atoms with Crippen molar-refractivity contribution in [2.45, 2.75) is 118 Å². The summed E-state index contributed by atoms with van der Waals surface area (Å²) in [5, 5.41) is 14.3. The molecule has 0 bridgehead atoms. The normalized spacial score (nSPS) is 40.6. The van der Waals surface area contributed by atoms with Crippen LogP contribution in [0.5, 0.6) is 5.75 Å². The molecule has 40 heavy (non-hydrogen) atoms. The highest BCUT2D eigenvalue weighted by Gasteiger charge is 2.60. The lowest BCUT2D eigenvalue weighted by Gasteiger charge is -2.59. The zero-order valence-corrected chi connectivity index (χ0v) is 26.3. The standard InChI is InChI=1S/C36H57NO3/c1-24-9-16-32(38)34(3,4)29(24)17-21-35(5)25(2)10-15-28-30(35)18-22-36(20-7-8-31(28)36)33(39)37-23-19-26-11-13-27(40-6)14-12-26/h11-14,24-25,28-32,38H,7-10,15-23H2,1-6H3,(H,37,39). The van der Waals surface area contributed by atoms with E-state index in [0.29, 0.717) is 41.5 Å². The molecule has 0 radical (unpaired) electrons. The van der Waals surface area contributed by atoms with Gasteiger partial charge in [0.1, 0.15) is 5.75 Å². The van der Waals surface area contributed by atoms with Gasteiger partial charge in [0.2, 0.25) is 5.91 Å². The second kappa shape index (κ2) is 11.6. The van der Waals surface area contributed by atoms with Crippen LogP contribution < -0.4 is 10.1 Å². The van der Waals surface area contributed by atoms with E-state index in [0.717, 1.165) is 49.7 Å². The van der Waals surface area contributed by atoms with Gasteiger partial charge < -0.3 is 15.2 Å². The number of aliphatic hydroxyl groups excluding tert-OH is 1. The quantitative estimate of drug-likeness (QED) is 0.346. The molecule has 4 aliphatic carbocycles. The highest BCUT2D eigenvalue weighted by Crippen LogP contribution is 2.65. The molecule has 224 valence electrons. The molecule has 4 aliphatic rings. The summed E-state index contributed by atoms with van der Waals surface area (Å²) >= 11 is 0. The Kier molecular flexibility index (Phi) is 8.69. The SMILES string of the molecule is COc1ccc(CCNC(=O)C23CCCC2C2CCC(C)C(C)(CCC4C(C)CCC(O)C4(C)C)C2CC3)cc1. The Hall–Kier alpha value is -1.55. The molecule has 1 amide bonds. The molecule has 4 nitrogen and oxygen atoms in total. The van der Waals surface area contributed by atoms with E-state index in [2.05, 4.69) is 52.1 Å². The van der Waals surface area contributed by atoms with E-state index in [1.54, 1.807) is 7.11 Å². The number of fused-ring (bicyclic) bond motifs is 3. The Balaban J connectivity index is 1.26. The zero-order valence-electron chi connectivity index (χ0n) is 26.3. The average molecular weight is 552 g/mol. The summed E-state index contributed by atoms with van der Waals surface area (Å²) in [5.41, 5.74) is 1.43. The first-order chi connectivity index (χ1) is 19.0. The topological polar surface area (TPSA) is 58.6 Å². The van der Waals surface area contributed by atoms with Crippen molar-refractivity contribution in [2.75, 3.05) is 13.7 Å². The molecule has 2 N–H and O–H groups in total. The number of aliphatic hydroxyl groups is 1. The van der Waals surface area contributed by atoms with E-state index in [4.69, 9.17) is 4.74 Å². The second-order valence-electron chi connectivity index (χ2n) is 15.3. The van der Waals surface area contributed by atoms with Crippen molar-refractivity contribution in [3.63, 3.8) is 0 Å². The van der Waals surface area contributed by atoms with Gasteiger partial charge in [-0.1, -0.05) is 53.2 Å². The maximum atomic E-state index is 13.9. The fourth-order valence-electron chi connectivity index (χ4n) is 10.5. The Labute approximate surface area is 244 Å². The van der Waals surface area contributed by atoms with Crippen LogP contribution in [-0.4, -0.2) is 30.8 Å². The molecule has 0 aliphatic heterocycles. The lowest BCUT2D eigenvalue weighted by molar-refractivity contribution is -0.147. The Morgan fingerprint density at radius 3 is 2.45 bits per heavy atom. The minimum Gasteiger partial charge on any atom is -0.497 e. The number of hydrogen-bond acceptors (Lipinski definition) is 3. The molecular weight excluding hydrogens is 494 g/mol. The minimum atomic E-state index is -0.171. The summed E-state index contributed by atoms with van der Waals surface area (Å²) in [6.07, 6.45) is 13.7. The number of nitrogens with one attached hydrogen (secondary N) is 1. The number of rotatable bonds is 8. The number of methoxy groups -OCH3 is 1. The van der Waals surface area contributed by atoms with Crippen molar-refractivity contribution < 1.29 is 14.6 Å². The van der Waals surface area contributed by atoms with Crippen LogP contribution in [0.2, 0.25) is 0 Å². The molecule has 4 fully saturated rings. The fraction of sp³-hybridized carbons (Fsp3) is 0.806. The van der Waals surface area contributed by atoms with E-state index in [1.807, 2.05) is 12.1 Å². The van der Waals surface area contributed by atoms with Gasteiger partial charge in [0, 0.05) is 6.54 Å². The van der Waals surface area contributed by atoms with Gasteiger partial charge in [0.15, 0.2) is 0 Å². The predicted octanol–water partition coefficient (Wildman–Crippen LogP) is 7.82. The highest BCUT2D eigenvalue weighted by atomic mass is 16.5. The molecule has 0 spiro atoms. The van der Waals surface area contributed by atoms with E-state index in [9.17, 15) is 9.90 Å². The number of amides is 1. The van der Waals surface area contributed by atoms with Gasteiger partial charge in [-0.2, -0.15) is 0 Å². The van der Waals surface area contributed by atoms with Crippen molar-refractivity contribution in [2.24, 2.45) is 51.8 Å². The average Bonchev–Trinajstić information content (AvgIpc) is 3.39. The molecule has 0 aromatic heterocycles. The van der Waals surface area contributed by atoms with Gasteiger partial charge in [-0.25, -0.2) is 0 Å². The Bertz CT molecular complexity index is 1020. The Morgan fingerprint density at radius 1 is 0.975 bits per heavy atom. The summed E-state index contributed by atoms with van der Waals surface area (Å²) in [5.74, 6) is 5.19. The first-order valence-corrected chi connectivity index (χ1v) is 16.6. The molecule has 9 unspecified atom stereocenters. The largest absolute Gasteiger partial charge is 0.497 e. The van der Waals surface area contributed by atoms with Gasteiger partial charge in [0.05, 0.1) is 18.6 Å². The number of carbonyl (C=O) groups excluding carboxylic acids is 1. The van der Waals surface area contributed by atoms with Crippen LogP contribution in [0.25, 0.3) is 0 Å². The number of hydrogen-bond donors (Lipinski definition) is 2. The van der Waals surface area contributed by atoms with Crippen LogP contribution in [0.1, 0.15) is 111 Å². The van der Waals surface area contributed by atoms with Crippen LogP contribution >= 0.6 is 0 Å². The molecule has 0 saturated heterocycles. The van der Waals surface area contributed by atoms with Crippen LogP contribution in [0.3, 0.4) is 0 Å². The number of benzene rings is 1. The van der Waals surface area contributed by atoms with Crippen LogP contribution in [0.4, 0.5) is 0 Å². The lowest BCUT2D eigenvalue weighted by Crippen LogP contribution is -2.55. The maximum absolute atomic E-state index is 13.9. The predicted molar refractivity (Wildman–Crippen MR) is 163 cm³/mol. The third-order valence-electron chi connectivity index (χ3n) is 13.4. The molecule has 4 heteroatoms. The van der Waals surface area contributed by atoms with Gasteiger partial charge in [0.25, 0.3) is 0 Å².